The Morgan fingerprint density at radius 2 is 2.36 bits per heavy atom. The quantitative estimate of drug-likeness (QED) is 0.396. The number of halogens is 1. The Balaban J connectivity index is 3.80. The minimum absolute atomic E-state index is 0.105. The van der Waals surface area contributed by atoms with Gasteiger partial charge in [-0.1, -0.05) is 17.7 Å². The van der Waals surface area contributed by atoms with Gasteiger partial charge in [-0.15, -0.1) is 0 Å². The third kappa shape index (κ3) is 4.81. The summed E-state index contributed by atoms with van der Waals surface area (Å²) in [5.41, 5.74) is 5.78. The van der Waals surface area contributed by atoms with Crippen molar-refractivity contribution in [2.75, 3.05) is 12.6 Å². The fourth-order valence-electron chi connectivity index (χ4n) is 0.547. The van der Waals surface area contributed by atoms with Gasteiger partial charge in [-0.3, -0.25) is 0 Å². The molecule has 0 aliphatic rings. The molecule has 0 aromatic carbocycles. The molecule has 0 spiro atoms. The number of esters is 1. The minimum Gasteiger partial charge on any atom is -0.446 e. The molecule has 0 saturated heterocycles. The van der Waals surface area contributed by atoms with Crippen LogP contribution in [0.4, 0.5) is 0 Å². The second kappa shape index (κ2) is 6.19. The van der Waals surface area contributed by atoms with Gasteiger partial charge in [-0.25, -0.2) is 4.79 Å². The Kier molecular flexibility index (Phi) is 5.88. The van der Waals surface area contributed by atoms with Gasteiger partial charge in [0, 0.05) is 5.57 Å². The van der Waals surface area contributed by atoms with Crippen molar-refractivity contribution in [2.45, 2.75) is 13.3 Å². The van der Waals surface area contributed by atoms with Gasteiger partial charge >= 0.3 is 5.97 Å². The van der Waals surface area contributed by atoms with E-state index in [2.05, 4.69) is 4.74 Å². The fourth-order valence-corrected chi connectivity index (χ4v) is 0.646. The first-order valence-electron chi connectivity index (χ1n) is 3.32. The van der Waals surface area contributed by atoms with Gasteiger partial charge in [-0.2, -0.15) is 0 Å². The molecule has 0 aliphatic carbocycles. The lowest BCUT2D eigenvalue weighted by molar-refractivity contribution is -0.136. The molecule has 0 atom stereocenters. The largest absolute Gasteiger partial charge is 0.446 e. The van der Waals surface area contributed by atoms with Gasteiger partial charge in [0.05, 0.1) is 0 Å². The van der Waals surface area contributed by atoms with Crippen molar-refractivity contribution in [3.63, 3.8) is 0 Å². The Bertz CT molecular complexity index is 157. The number of ether oxygens (including phenoxy) is 1. The molecule has 0 aromatic rings. The van der Waals surface area contributed by atoms with Crippen molar-refractivity contribution >= 4 is 17.6 Å². The van der Waals surface area contributed by atoms with Gasteiger partial charge in [0.25, 0.3) is 0 Å². The zero-order valence-electron chi connectivity index (χ0n) is 6.47. The van der Waals surface area contributed by atoms with Gasteiger partial charge in [-0.05, 0) is 19.9 Å². The zero-order valence-corrected chi connectivity index (χ0v) is 7.23. The lowest BCUT2D eigenvalue weighted by atomic mass is 10.2. The van der Waals surface area contributed by atoms with Crippen molar-refractivity contribution in [1.82, 2.24) is 0 Å². The van der Waals surface area contributed by atoms with Crippen molar-refractivity contribution in [1.29, 1.82) is 0 Å². The fraction of sp³-hybridized carbons (Fsp3) is 0.571. The van der Waals surface area contributed by atoms with Crippen LogP contribution >= 0.6 is 11.6 Å². The van der Waals surface area contributed by atoms with E-state index in [4.69, 9.17) is 17.3 Å². The van der Waals surface area contributed by atoms with E-state index in [1.807, 2.05) is 0 Å². The smallest absolute Gasteiger partial charge is 0.334 e. The van der Waals surface area contributed by atoms with E-state index in [9.17, 15) is 4.79 Å². The highest BCUT2D eigenvalue weighted by Gasteiger charge is 2.02. The van der Waals surface area contributed by atoms with Crippen molar-refractivity contribution in [2.24, 2.45) is 5.73 Å². The van der Waals surface area contributed by atoms with Crippen LogP contribution in [0.1, 0.15) is 13.3 Å². The third-order valence-electron chi connectivity index (χ3n) is 1.12. The van der Waals surface area contributed by atoms with Crippen LogP contribution in [0.25, 0.3) is 0 Å². The zero-order chi connectivity index (χ0) is 8.69. The highest BCUT2D eigenvalue weighted by Crippen LogP contribution is 1.98. The van der Waals surface area contributed by atoms with Crippen LogP contribution in [0.15, 0.2) is 11.6 Å². The number of rotatable bonds is 4. The van der Waals surface area contributed by atoms with Gasteiger partial charge in [0.15, 0.2) is 6.07 Å². The summed E-state index contributed by atoms with van der Waals surface area (Å²) in [5.74, 6) is -0.381. The molecule has 0 amide bonds. The summed E-state index contributed by atoms with van der Waals surface area (Å²) in [7, 11) is 0. The standard InChI is InChI=1S/C7H12ClNO2/c1-6(3-2-4-9)7(10)11-5-8/h3H,2,4-5,9H2,1H3. The van der Waals surface area contributed by atoms with Crippen LogP contribution in [-0.2, 0) is 9.53 Å². The van der Waals surface area contributed by atoms with E-state index in [0.29, 0.717) is 18.5 Å². The molecular weight excluding hydrogens is 166 g/mol. The molecule has 0 unspecified atom stereocenters. The number of carbonyl (C=O) groups excluding carboxylic acids is 1. The molecule has 0 aliphatic heterocycles. The summed E-state index contributed by atoms with van der Waals surface area (Å²) >= 11 is 5.18. The summed E-state index contributed by atoms with van der Waals surface area (Å²) in [6.07, 6.45) is 2.41. The number of alkyl halides is 1. The molecule has 0 fully saturated rings. The molecule has 64 valence electrons. The number of hydrogen-bond acceptors (Lipinski definition) is 3. The molecule has 11 heavy (non-hydrogen) atoms. The Morgan fingerprint density at radius 3 is 2.82 bits per heavy atom. The molecule has 0 rings (SSSR count). The number of carbonyl (C=O) groups is 1. The molecule has 0 aromatic heterocycles. The van der Waals surface area contributed by atoms with E-state index in [1.54, 1.807) is 13.0 Å². The van der Waals surface area contributed by atoms with Crippen LogP contribution in [0.3, 0.4) is 0 Å². The summed E-state index contributed by atoms with van der Waals surface area (Å²) in [6, 6.07) is -0.105. The molecular formula is C7H12ClNO2. The van der Waals surface area contributed by atoms with E-state index >= 15 is 0 Å². The summed E-state index contributed by atoms with van der Waals surface area (Å²) in [4.78, 5) is 10.8. The molecule has 0 saturated carbocycles. The molecule has 2 N–H and O–H groups in total. The number of hydrogen-bond donors (Lipinski definition) is 1. The first-order valence-corrected chi connectivity index (χ1v) is 3.85. The maximum absolute atomic E-state index is 10.8. The van der Waals surface area contributed by atoms with Crippen LogP contribution in [0, 0.1) is 0 Å². The molecule has 0 bridgehead atoms. The Hall–Kier alpha value is -0.540. The SMILES string of the molecule is CC(=CCCN)C(=O)OCCl. The summed E-state index contributed by atoms with van der Waals surface area (Å²) in [5, 5.41) is 0. The Labute approximate surface area is 71.2 Å². The van der Waals surface area contributed by atoms with Crippen molar-refractivity contribution in [3.05, 3.63) is 11.6 Å². The van der Waals surface area contributed by atoms with Crippen LogP contribution in [0.5, 0.6) is 0 Å². The average molecular weight is 178 g/mol. The van der Waals surface area contributed by atoms with Crippen LogP contribution in [-0.4, -0.2) is 18.6 Å². The maximum atomic E-state index is 10.8. The first kappa shape index (κ1) is 10.5. The average Bonchev–Trinajstić information content (AvgIpc) is 2.00. The van der Waals surface area contributed by atoms with Gasteiger partial charge < -0.3 is 10.5 Å². The lowest BCUT2D eigenvalue weighted by Gasteiger charge is -1.98. The first-order chi connectivity index (χ1) is 5.22. The molecule has 0 heterocycles. The second-order valence-electron chi connectivity index (χ2n) is 2.01. The van der Waals surface area contributed by atoms with E-state index in [0.717, 1.165) is 0 Å². The van der Waals surface area contributed by atoms with Gasteiger partial charge in [0.2, 0.25) is 0 Å². The van der Waals surface area contributed by atoms with Crippen molar-refractivity contribution in [3.8, 4) is 0 Å². The minimum atomic E-state index is -0.381. The summed E-state index contributed by atoms with van der Waals surface area (Å²) < 4.78 is 4.52. The molecule has 0 radical (unpaired) electrons. The van der Waals surface area contributed by atoms with E-state index in [1.165, 1.54) is 0 Å². The predicted octanol–water partition coefficient (Wildman–Crippen LogP) is 1.02. The van der Waals surface area contributed by atoms with E-state index < -0.39 is 0 Å². The normalized spacial score (nSPS) is 11.4. The maximum Gasteiger partial charge on any atom is 0.334 e. The third-order valence-corrected chi connectivity index (χ3v) is 1.23. The molecule has 3 nitrogen and oxygen atoms in total. The monoisotopic (exact) mass is 177 g/mol. The van der Waals surface area contributed by atoms with Crippen LogP contribution in [0.2, 0.25) is 0 Å². The highest BCUT2D eigenvalue weighted by molar-refractivity contribution is 6.17. The van der Waals surface area contributed by atoms with Crippen molar-refractivity contribution < 1.29 is 9.53 Å². The highest BCUT2D eigenvalue weighted by atomic mass is 35.5. The summed E-state index contributed by atoms with van der Waals surface area (Å²) in [6.45, 7) is 2.20. The van der Waals surface area contributed by atoms with Crippen LogP contribution < -0.4 is 5.73 Å². The topological polar surface area (TPSA) is 52.3 Å². The van der Waals surface area contributed by atoms with Gasteiger partial charge in [0.1, 0.15) is 0 Å². The second-order valence-corrected chi connectivity index (χ2v) is 2.22. The lowest BCUT2D eigenvalue weighted by Crippen LogP contribution is -2.05. The Morgan fingerprint density at radius 1 is 1.73 bits per heavy atom. The molecule has 4 heteroatoms. The number of nitrogens with two attached hydrogens (primary N) is 1. The van der Waals surface area contributed by atoms with E-state index in [-0.39, 0.29) is 12.0 Å². The predicted molar refractivity (Wildman–Crippen MR) is 44.2 cm³/mol.